The molecule has 1 aliphatic rings. The monoisotopic (exact) mass is 450 g/mol. The summed E-state index contributed by atoms with van der Waals surface area (Å²) in [6.45, 7) is 3.88. The van der Waals surface area contributed by atoms with E-state index in [0.29, 0.717) is 44.2 Å². The minimum Gasteiger partial charge on any atom is -0.337 e. The average Bonchev–Trinajstić information content (AvgIpc) is 3.17. The van der Waals surface area contributed by atoms with E-state index in [1.54, 1.807) is 22.7 Å². The third-order valence-electron chi connectivity index (χ3n) is 5.68. The molecule has 0 radical (unpaired) electrons. The Balaban J connectivity index is 1.41. The van der Waals surface area contributed by atoms with E-state index in [-0.39, 0.29) is 17.8 Å². The fraction of sp³-hybridized carbons (Fsp3) is 0.348. The van der Waals surface area contributed by atoms with Crippen molar-refractivity contribution in [1.82, 2.24) is 30.0 Å². The van der Waals surface area contributed by atoms with Crippen LogP contribution in [-0.2, 0) is 7.05 Å². The van der Waals surface area contributed by atoms with Crippen LogP contribution in [0.2, 0.25) is 0 Å². The summed E-state index contributed by atoms with van der Waals surface area (Å²) in [6, 6.07) is 11.0. The number of urea groups is 1. The molecule has 10 heteroatoms. The van der Waals surface area contributed by atoms with Gasteiger partial charge in [0.25, 0.3) is 0 Å². The van der Waals surface area contributed by atoms with E-state index < -0.39 is 5.82 Å². The first-order valence-corrected chi connectivity index (χ1v) is 10.8. The molecular weight excluding hydrogens is 423 g/mol. The Morgan fingerprint density at radius 1 is 1.24 bits per heavy atom. The van der Waals surface area contributed by atoms with E-state index in [0.717, 1.165) is 11.3 Å². The van der Waals surface area contributed by atoms with Gasteiger partial charge in [-0.1, -0.05) is 30.3 Å². The van der Waals surface area contributed by atoms with Gasteiger partial charge >= 0.3 is 6.03 Å². The highest BCUT2D eigenvalue weighted by atomic mass is 19.1. The largest absolute Gasteiger partial charge is 0.337 e. The lowest BCUT2D eigenvalue weighted by atomic mass is 10.0. The smallest absolute Gasteiger partial charge is 0.318 e. The number of aryl methyl sites for hydroxylation is 2. The summed E-state index contributed by atoms with van der Waals surface area (Å²) < 4.78 is 16.0. The number of nitrogens with zero attached hydrogens (tertiary/aromatic N) is 6. The van der Waals surface area contributed by atoms with E-state index in [9.17, 15) is 9.18 Å². The number of piperazine rings is 1. The number of aromatic nitrogens is 4. The number of carbonyl (C=O) groups excluding carboxylic acids is 1. The molecule has 1 aliphatic heterocycles. The summed E-state index contributed by atoms with van der Waals surface area (Å²) in [4.78, 5) is 25.2. The number of hydrogen-bond acceptors (Lipinski definition) is 6. The zero-order valence-electron chi connectivity index (χ0n) is 18.7. The van der Waals surface area contributed by atoms with Crippen LogP contribution >= 0.6 is 0 Å². The molecule has 1 saturated heterocycles. The fourth-order valence-corrected chi connectivity index (χ4v) is 3.95. The van der Waals surface area contributed by atoms with Gasteiger partial charge in [0.1, 0.15) is 5.69 Å². The summed E-state index contributed by atoms with van der Waals surface area (Å²) in [6.07, 6.45) is 2.92. The first-order valence-electron chi connectivity index (χ1n) is 10.8. The molecule has 0 spiro atoms. The maximum atomic E-state index is 14.4. The predicted molar refractivity (Wildman–Crippen MR) is 124 cm³/mol. The van der Waals surface area contributed by atoms with Crippen molar-refractivity contribution in [3.8, 4) is 11.4 Å². The van der Waals surface area contributed by atoms with Gasteiger partial charge in [-0.15, -0.1) is 0 Å². The van der Waals surface area contributed by atoms with Crippen LogP contribution in [0.3, 0.4) is 0 Å². The second-order valence-electron chi connectivity index (χ2n) is 7.99. The molecule has 0 saturated carbocycles. The maximum Gasteiger partial charge on any atom is 0.318 e. The minimum absolute atomic E-state index is 0.170. The highest BCUT2D eigenvalue weighted by Crippen LogP contribution is 2.23. The fourth-order valence-electron chi connectivity index (χ4n) is 3.95. The summed E-state index contributed by atoms with van der Waals surface area (Å²) in [5, 5.41) is 14.8. The SMILES string of the molecule is Cc1cc(-c2nc(N3CCN(C(=O)NC(CC=N)c4ccccc4)CC3)ncc2F)n(C)n1. The molecule has 2 amide bonds. The number of halogens is 1. The van der Waals surface area contributed by atoms with Gasteiger partial charge in [-0.05, 0) is 24.8 Å². The second kappa shape index (κ2) is 9.76. The molecule has 1 atom stereocenters. The van der Waals surface area contributed by atoms with Crippen molar-refractivity contribution in [2.24, 2.45) is 7.05 Å². The number of benzene rings is 1. The van der Waals surface area contributed by atoms with Gasteiger partial charge in [0.2, 0.25) is 5.95 Å². The molecule has 2 N–H and O–H groups in total. The van der Waals surface area contributed by atoms with Crippen LogP contribution in [0, 0.1) is 18.2 Å². The third kappa shape index (κ3) is 5.00. The molecule has 3 aromatic rings. The molecule has 0 aliphatic carbocycles. The number of amides is 2. The summed E-state index contributed by atoms with van der Waals surface area (Å²) in [5.41, 5.74) is 2.54. The quantitative estimate of drug-likeness (QED) is 0.562. The van der Waals surface area contributed by atoms with Crippen LogP contribution in [0.1, 0.15) is 23.7 Å². The van der Waals surface area contributed by atoms with Gasteiger partial charge in [0.15, 0.2) is 5.82 Å². The van der Waals surface area contributed by atoms with E-state index >= 15 is 0 Å². The number of anilines is 1. The van der Waals surface area contributed by atoms with Crippen molar-refractivity contribution in [2.75, 3.05) is 31.1 Å². The van der Waals surface area contributed by atoms with Crippen LogP contribution < -0.4 is 10.2 Å². The molecule has 3 heterocycles. The molecule has 2 aromatic heterocycles. The molecule has 0 bridgehead atoms. The molecule has 4 rings (SSSR count). The maximum absolute atomic E-state index is 14.4. The Morgan fingerprint density at radius 2 is 1.97 bits per heavy atom. The van der Waals surface area contributed by atoms with Crippen LogP contribution in [0.15, 0.2) is 42.6 Å². The van der Waals surface area contributed by atoms with Crippen molar-refractivity contribution in [2.45, 2.75) is 19.4 Å². The summed E-state index contributed by atoms with van der Waals surface area (Å²) >= 11 is 0. The van der Waals surface area contributed by atoms with Gasteiger partial charge in [-0.3, -0.25) is 4.68 Å². The van der Waals surface area contributed by atoms with Crippen LogP contribution in [0.4, 0.5) is 15.1 Å². The van der Waals surface area contributed by atoms with Crippen molar-refractivity contribution in [1.29, 1.82) is 5.41 Å². The van der Waals surface area contributed by atoms with Crippen molar-refractivity contribution in [3.05, 3.63) is 59.7 Å². The van der Waals surface area contributed by atoms with Gasteiger partial charge in [0, 0.05) is 39.6 Å². The number of carbonyl (C=O) groups is 1. The Bertz CT molecular complexity index is 1120. The molecule has 1 aromatic carbocycles. The van der Waals surface area contributed by atoms with Crippen molar-refractivity contribution in [3.63, 3.8) is 0 Å². The predicted octanol–water partition coefficient (Wildman–Crippen LogP) is 2.94. The van der Waals surface area contributed by atoms with Crippen LogP contribution in [0.25, 0.3) is 11.4 Å². The number of nitrogens with one attached hydrogen (secondary N) is 2. The summed E-state index contributed by atoms with van der Waals surface area (Å²) in [7, 11) is 1.75. The third-order valence-corrected chi connectivity index (χ3v) is 5.68. The number of rotatable bonds is 6. The van der Waals surface area contributed by atoms with Gasteiger partial charge < -0.3 is 20.5 Å². The highest BCUT2D eigenvalue weighted by Gasteiger charge is 2.25. The molecule has 9 nitrogen and oxygen atoms in total. The Hall–Kier alpha value is -3.82. The number of hydrogen-bond donors (Lipinski definition) is 2. The standard InChI is InChI=1S/C23H27FN8O/c1-16-14-20(30(2)29-16)21-18(24)15-26-22(28-21)31-10-12-32(13-11-31)23(33)27-19(8-9-25)17-6-4-3-5-7-17/h3-7,9,14-15,19,25H,8,10-13H2,1-2H3,(H,27,33). The lowest BCUT2D eigenvalue weighted by Gasteiger charge is -2.35. The zero-order chi connectivity index (χ0) is 23.4. The van der Waals surface area contributed by atoms with Crippen LogP contribution in [0.5, 0.6) is 0 Å². The lowest BCUT2D eigenvalue weighted by Crippen LogP contribution is -2.52. The molecular formula is C23H27FN8O. The zero-order valence-corrected chi connectivity index (χ0v) is 18.7. The average molecular weight is 451 g/mol. The Kier molecular flexibility index (Phi) is 6.62. The first kappa shape index (κ1) is 22.4. The van der Waals surface area contributed by atoms with Gasteiger partial charge in [0.05, 0.1) is 23.6 Å². The topological polar surface area (TPSA) is 103 Å². The molecule has 172 valence electrons. The van der Waals surface area contributed by atoms with E-state index in [1.165, 1.54) is 12.4 Å². The second-order valence-corrected chi connectivity index (χ2v) is 7.99. The molecule has 33 heavy (non-hydrogen) atoms. The Morgan fingerprint density at radius 3 is 2.61 bits per heavy atom. The summed E-state index contributed by atoms with van der Waals surface area (Å²) in [5.74, 6) is -0.0748. The normalized spacial score (nSPS) is 14.8. The van der Waals surface area contributed by atoms with E-state index in [2.05, 4.69) is 20.4 Å². The minimum atomic E-state index is -0.502. The van der Waals surface area contributed by atoms with Gasteiger partial charge in [-0.25, -0.2) is 19.2 Å². The van der Waals surface area contributed by atoms with E-state index in [1.807, 2.05) is 42.2 Å². The Labute approximate surface area is 191 Å². The van der Waals surface area contributed by atoms with Gasteiger partial charge in [-0.2, -0.15) is 5.10 Å². The van der Waals surface area contributed by atoms with Crippen LogP contribution in [-0.4, -0.2) is 63.1 Å². The van der Waals surface area contributed by atoms with E-state index in [4.69, 9.17) is 5.41 Å². The van der Waals surface area contributed by atoms with Crippen molar-refractivity contribution >= 4 is 18.2 Å². The lowest BCUT2D eigenvalue weighted by molar-refractivity contribution is 0.190. The first-order chi connectivity index (χ1) is 16.0. The molecule has 1 fully saturated rings. The highest BCUT2D eigenvalue weighted by molar-refractivity contribution is 5.75. The van der Waals surface area contributed by atoms with Crippen molar-refractivity contribution < 1.29 is 9.18 Å². The molecule has 1 unspecified atom stereocenters.